The quantitative estimate of drug-likeness (QED) is 0.751. The van der Waals surface area contributed by atoms with Crippen molar-refractivity contribution in [2.45, 2.75) is 26.2 Å². The van der Waals surface area contributed by atoms with Gasteiger partial charge in [-0.05, 0) is 37.0 Å². The smallest absolute Gasteiger partial charge is 0.251 e. The second-order valence-electron chi connectivity index (χ2n) is 4.35. The van der Waals surface area contributed by atoms with Crippen LogP contribution in [0.1, 0.15) is 36.5 Å². The average molecular weight is 288 g/mol. The fourth-order valence-electron chi connectivity index (χ4n) is 1.88. The van der Waals surface area contributed by atoms with E-state index in [2.05, 4.69) is 12.2 Å². The molecule has 4 heteroatoms. The van der Waals surface area contributed by atoms with Gasteiger partial charge in [0, 0.05) is 23.0 Å². The van der Waals surface area contributed by atoms with Crippen molar-refractivity contribution in [3.8, 4) is 0 Å². The highest BCUT2D eigenvalue weighted by Gasteiger charge is 2.10. The van der Waals surface area contributed by atoms with Crippen LogP contribution in [0.25, 0.3) is 0 Å². The zero-order valence-electron chi connectivity index (χ0n) is 10.6. The van der Waals surface area contributed by atoms with E-state index in [0.29, 0.717) is 28.9 Å². The van der Waals surface area contributed by atoms with E-state index in [1.807, 2.05) is 0 Å². The molecular formula is C14H19Cl2NO. The molecule has 1 atom stereocenters. The first kappa shape index (κ1) is 15.3. The first-order valence-corrected chi connectivity index (χ1v) is 7.18. The summed E-state index contributed by atoms with van der Waals surface area (Å²) in [5.41, 5.74) is 0.601. The molecule has 1 rings (SSSR count). The molecular weight excluding hydrogens is 269 g/mol. The lowest BCUT2D eigenvalue weighted by molar-refractivity contribution is 0.0946. The molecule has 100 valence electrons. The summed E-state index contributed by atoms with van der Waals surface area (Å²) in [6.45, 7) is 2.81. The third-order valence-corrected chi connectivity index (χ3v) is 3.31. The van der Waals surface area contributed by atoms with Crippen LogP contribution in [0.2, 0.25) is 5.02 Å². The van der Waals surface area contributed by atoms with Crippen LogP contribution in [0, 0.1) is 5.92 Å². The van der Waals surface area contributed by atoms with E-state index in [1.54, 1.807) is 24.3 Å². The largest absolute Gasteiger partial charge is 0.352 e. The van der Waals surface area contributed by atoms with Crippen LogP contribution in [0.3, 0.4) is 0 Å². The van der Waals surface area contributed by atoms with E-state index in [4.69, 9.17) is 23.2 Å². The van der Waals surface area contributed by atoms with Crippen LogP contribution in [-0.4, -0.2) is 18.3 Å². The summed E-state index contributed by atoms with van der Waals surface area (Å²) in [6, 6.07) is 6.97. The van der Waals surface area contributed by atoms with Gasteiger partial charge in [0.05, 0.1) is 0 Å². The molecule has 0 heterocycles. The predicted octanol–water partition coefficient (Wildman–Crippen LogP) is 4.12. The molecule has 2 nitrogen and oxygen atoms in total. The number of carbonyl (C=O) groups is 1. The maximum atomic E-state index is 11.9. The van der Waals surface area contributed by atoms with Crippen molar-refractivity contribution in [1.29, 1.82) is 0 Å². The van der Waals surface area contributed by atoms with Gasteiger partial charge >= 0.3 is 0 Å². The zero-order chi connectivity index (χ0) is 13.4. The number of benzene rings is 1. The molecule has 1 N–H and O–H groups in total. The molecule has 0 bridgehead atoms. The Bertz CT molecular complexity index is 376. The van der Waals surface area contributed by atoms with E-state index in [-0.39, 0.29) is 5.91 Å². The van der Waals surface area contributed by atoms with Gasteiger partial charge in [-0.25, -0.2) is 0 Å². The zero-order valence-corrected chi connectivity index (χ0v) is 12.1. The van der Waals surface area contributed by atoms with Gasteiger partial charge in [0.25, 0.3) is 5.91 Å². The van der Waals surface area contributed by atoms with Crippen molar-refractivity contribution in [1.82, 2.24) is 5.32 Å². The summed E-state index contributed by atoms with van der Waals surface area (Å²) in [6.07, 6.45) is 3.13. The number of halogens is 2. The van der Waals surface area contributed by atoms with Crippen molar-refractivity contribution in [2.24, 2.45) is 5.92 Å². The number of hydrogen-bond acceptors (Lipinski definition) is 1. The molecule has 1 aromatic rings. The highest BCUT2D eigenvalue weighted by Crippen LogP contribution is 2.13. The lowest BCUT2D eigenvalue weighted by Gasteiger charge is -2.15. The average Bonchev–Trinajstić information content (AvgIpc) is 2.36. The van der Waals surface area contributed by atoms with Crippen LogP contribution in [0.5, 0.6) is 0 Å². The van der Waals surface area contributed by atoms with Crippen molar-refractivity contribution in [3.63, 3.8) is 0 Å². The van der Waals surface area contributed by atoms with Gasteiger partial charge in [-0.2, -0.15) is 0 Å². The molecule has 0 aromatic heterocycles. The standard InChI is InChI=1S/C14H19Cl2NO/c1-2-4-11(7-8-15)10-17-14(18)12-5-3-6-13(16)9-12/h3,5-6,9,11H,2,4,7-8,10H2,1H3,(H,17,18). The molecule has 0 aliphatic rings. The Morgan fingerprint density at radius 3 is 2.78 bits per heavy atom. The van der Waals surface area contributed by atoms with Gasteiger partial charge in [0.1, 0.15) is 0 Å². The topological polar surface area (TPSA) is 29.1 Å². The molecule has 0 saturated carbocycles. The van der Waals surface area contributed by atoms with Crippen LogP contribution in [-0.2, 0) is 0 Å². The second kappa shape index (κ2) is 8.39. The monoisotopic (exact) mass is 287 g/mol. The molecule has 0 saturated heterocycles. The van der Waals surface area contributed by atoms with Crippen LogP contribution in [0.15, 0.2) is 24.3 Å². The summed E-state index contributed by atoms with van der Waals surface area (Å²) in [7, 11) is 0. The highest BCUT2D eigenvalue weighted by atomic mass is 35.5. The summed E-state index contributed by atoms with van der Waals surface area (Å²) in [5.74, 6) is 1.02. The summed E-state index contributed by atoms with van der Waals surface area (Å²) in [5, 5.41) is 3.52. The number of nitrogens with one attached hydrogen (secondary N) is 1. The SMILES string of the molecule is CCCC(CCCl)CNC(=O)c1cccc(Cl)c1. The van der Waals surface area contributed by atoms with E-state index in [0.717, 1.165) is 19.3 Å². The van der Waals surface area contributed by atoms with Crippen LogP contribution < -0.4 is 5.32 Å². The van der Waals surface area contributed by atoms with Crippen molar-refractivity contribution >= 4 is 29.1 Å². The Kier molecular flexibility index (Phi) is 7.14. The summed E-state index contributed by atoms with van der Waals surface area (Å²) >= 11 is 11.6. The number of alkyl halides is 1. The lowest BCUT2D eigenvalue weighted by Crippen LogP contribution is -2.29. The fourth-order valence-corrected chi connectivity index (χ4v) is 2.38. The normalized spacial score (nSPS) is 12.2. The Morgan fingerprint density at radius 2 is 2.17 bits per heavy atom. The van der Waals surface area contributed by atoms with Gasteiger partial charge in [0.2, 0.25) is 0 Å². The molecule has 0 spiro atoms. The molecule has 0 fully saturated rings. The minimum Gasteiger partial charge on any atom is -0.352 e. The van der Waals surface area contributed by atoms with Gasteiger partial charge in [0.15, 0.2) is 0 Å². The van der Waals surface area contributed by atoms with Gasteiger partial charge in [-0.3, -0.25) is 4.79 Å². The van der Waals surface area contributed by atoms with Crippen LogP contribution >= 0.6 is 23.2 Å². The first-order chi connectivity index (χ1) is 8.67. The first-order valence-electron chi connectivity index (χ1n) is 6.27. The van der Waals surface area contributed by atoms with Gasteiger partial charge in [-0.15, -0.1) is 11.6 Å². The molecule has 0 radical (unpaired) electrons. The third kappa shape index (κ3) is 5.28. The molecule has 1 amide bonds. The van der Waals surface area contributed by atoms with Gasteiger partial charge in [-0.1, -0.05) is 31.0 Å². The van der Waals surface area contributed by atoms with E-state index in [1.165, 1.54) is 0 Å². The van der Waals surface area contributed by atoms with Crippen molar-refractivity contribution in [3.05, 3.63) is 34.9 Å². The Morgan fingerprint density at radius 1 is 1.39 bits per heavy atom. The summed E-state index contributed by atoms with van der Waals surface area (Å²) < 4.78 is 0. The molecule has 1 aromatic carbocycles. The fraction of sp³-hybridized carbons (Fsp3) is 0.500. The number of rotatable bonds is 7. The molecule has 1 unspecified atom stereocenters. The van der Waals surface area contributed by atoms with E-state index >= 15 is 0 Å². The van der Waals surface area contributed by atoms with Crippen molar-refractivity contribution < 1.29 is 4.79 Å². The minimum atomic E-state index is -0.0758. The molecule has 0 aliphatic carbocycles. The molecule has 0 aliphatic heterocycles. The van der Waals surface area contributed by atoms with E-state index in [9.17, 15) is 4.79 Å². The second-order valence-corrected chi connectivity index (χ2v) is 5.17. The maximum absolute atomic E-state index is 11.9. The van der Waals surface area contributed by atoms with Gasteiger partial charge < -0.3 is 5.32 Å². The lowest BCUT2D eigenvalue weighted by atomic mass is 10.0. The maximum Gasteiger partial charge on any atom is 0.251 e. The van der Waals surface area contributed by atoms with Crippen molar-refractivity contribution in [2.75, 3.05) is 12.4 Å². The Balaban J connectivity index is 2.49. The van der Waals surface area contributed by atoms with Crippen LogP contribution in [0.4, 0.5) is 0 Å². The Hall–Kier alpha value is -0.730. The predicted molar refractivity (Wildman–Crippen MR) is 77.5 cm³/mol. The van der Waals surface area contributed by atoms with E-state index < -0.39 is 0 Å². The molecule has 18 heavy (non-hydrogen) atoms. The highest BCUT2D eigenvalue weighted by molar-refractivity contribution is 6.30. The summed E-state index contributed by atoms with van der Waals surface area (Å²) in [4.78, 5) is 11.9. The number of hydrogen-bond donors (Lipinski definition) is 1. The third-order valence-electron chi connectivity index (χ3n) is 2.85. The Labute approximate surface area is 119 Å². The number of carbonyl (C=O) groups excluding carboxylic acids is 1. The number of amides is 1. The minimum absolute atomic E-state index is 0.0758.